The molecule has 0 saturated carbocycles. The molecule has 2 heteroatoms. The summed E-state index contributed by atoms with van der Waals surface area (Å²) in [6, 6.07) is 6.36. The Hall–Kier alpha value is -0.860. The molecule has 90 valence electrons. The van der Waals surface area contributed by atoms with E-state index in [0.717, 1.165) is 0 Å². The zero-order chi connectivity index (χ0) is 12.3. The molecule has 0 heterocycles. The van der Waals surface area contributed by atoms with Gasteiger partial charge in [0.2, 0.25) is 0 Å². The molecular formula is C14H22O2. The standard InChI is InChI=1S/C14H22O2/c1-9-5-6-13(10(2)7-9)11(3)8-14(16)12(4)15/h5-7,11-12,14-16H,8H2,1-4H3. The van der Waals surface area contributed by atoms with Gasteiger partial charge >= 0.3 is 0 Å². The van der Waals surface area contributed by atoms with Crippen molar-refractivity contribution in [1.29, 1.82) is 0 Å². The topological polar surface area (TPSA) is 40.5 Å². The molecule has 3 atom stereocenters. The molecule has 2 nitrogen and oxygen atoms in total. The van der Waals surface area contributed by atoms with E-state index in [1.54, 1.807) is 6.92 Å². The molecule has 1 aromatic carbocycles. The van der Waals surface area contributed by atoms with Crippen LogP contribution in [0.1, 0.15) is 42.9 Å². The Morgan fingerprint density at radius 2 is 1.75 bits per heavy atom. The molecule has 0 aromatic heterocycles. The van der Waals surface area contributed by atoms with Crippen LogP contribution in [0.2, 0.25) is 0 Å². The highest BCUT2D eigenvalue weighted by Gasteiger charge is 2.17. The Morgan fingerprint density at radius 1 is 1.12 bits per heavy atom. The van der Waals surface area contributed by atoms with Crippen LogP contribution in [0.15, 0.2) is 18.2 Å². The SMILES string of the molecule is Cc1ccc(C(C)CC(O)C(C)O)c(C)c1. The molecule has 0 spiro atoms. The Bertz CT molecular complexity index is 345. The molecule has 0 bridgehead atoms. The predicted molar refractivity (Wildman–Crippen MR) is 66.6 cm³/mol. The number of benzene rings is 1. The Labute approximate surface area is 97.9 Å². The van der Waals surface area contributed by atoms with Crippen LogP contribution < -0.4 is 0 Å². The summed E-state index contributed by atoms with van der Waals surface area (Å²) >= 11 is 0. The molecule has 0 aliphatic rings. The largest absolute Gasteiger partial charge is 0.391 e. The van der Waals surface area contributed by atoms with Crippen molar-refractivity contribution >= 4 is 0 Å². The van der Waals surface area contributed by atoms with Crippen LogP contribution in [0.4, 0.5) is 0 Å². The third kappa shape index (κ3) is 3.32. The minimum atomic E-state index is -0.659. The first-order chi connectivity index (χ1) is 7.41. The summed E-state index contributed by atoms with van der Waals surface area (Å²) in [6.07, 6.45) is -0.703. The smallest absolute Gasteiger partial charge is 0.0802 e. The normalized spacial score (nSPS) is 16.9. The molecule has 0 saturated heterocycles. The summed E-state index contributed by atoms with van der Waals surface area (Å²) in [5.41, 5.74) is 3.76. The van der Waals surface area contributed by atoms with Gasteiger partial charge in [-0.1, -0.05) is 30.7 Å². The van der Waals surface area contributed by atoms with Gasteiger partial charge < -0.3 is 10.2 Å². The van der Waals surface area contributed by atoms with Gasteiger partial charge in [-0.25, -0.2) is 0 Å². The fourth-order valence-electron chi connectivity index (χ4n) is 2.06. The maximum atomic E-state index is 9.65. The van der Waals surface area contributed by atoms with E-state index in [0.29, 0.717) is 6.42 Å². The van der Waals surface area contributed by atoms with E-state index >= 15 is 0 Å². The molecular weight excluding hydrogens is 200 g/mol. The molecule has 3 unspecified atom stereocenters. The van der Waals surface area contributed by atoms with Crippen LogP contribution in [-0.2, 0) is 0 Å². The predicted octanol–water partition coefficient (Wildman–Crippen LogP) is 2.54. The second-order valence-corrected chi connectivity index (χ2v) is 4.80. The van der Waals surface area contributed by atoms with Crippen molar-refractivity contribution in [3.05, 3.63) is 34.9 Å². The fraction of sp³-hybridized carbons (Fsp3) is 0.571. The van der Waals surface area contributed by atoms with Crippen molar-refractivity contribution in [3.63, 3.8) is 0 Å². The monoisotopic (exact) mass is 222 g/mol. The van der Waals surface area contributed by atoms with E-state index in [2.05, 4.69) is 39.0 Å². The average molecular weight is 222 g/mol. The van der Waals surface area contributed by atoms with E-state index in [1.165, 1.54) is 16.7 Å². The van der Waals surface area contributed by atoms with E-state index in [9.17, 15) is 10.2 Å². The van der Waals surface area contributed by atoms with E-state index in [1.807, 2.05) is 0 Å². The van der Waals surface area contributed by atoms with Gasteiger partial charge in [0.1, 0.15) is 0 Å². The van der Waals surface area contributed by atoms with Crippen molar-refractivity contribution in [2.75, 3.05) is 0 Å². The second kappa shape index (κ2) is 5.46. The van der Waals surface area contributed by atoms with Crippen molar-refractivity contribution in [3.8, 4) is 0 Å². The lowest BCUT2D eigenvalue weighted by molar-refractivity contribution is 0.0227. The van der Waals surface area contributed by atoms with Gasteiger partial charge in [-0.3, -0.25) is 0 Å². The third-order valence-electron chi connectivity index (χ3n) is 3.11. The molecule has 0 amide bonds. The lowest BCUT2D eigenvalue weighted by Crippen LogP contribution is -2.24. The lowest BCUT2D eigenvalue weighted by atomic mass is 9.90. The van der Waals surface area contributed by atoms with E-state index in [4.69, 9.17) is 0 Å². The van der Waals surface area contributed by atoms with Gasteiger partial charge in [-0.2, -0.15) is 0 Å². The summed E-state index contributed by atoms with van der Waals surface area (Å²) in [4.78, 5) is 0. The summed E-state index contributed by atoms with van der Waals surface area (Å²) in [6.45, 7) is 7.88. The molecule has 16 heavy (non-hydrogen) atoms. The zero-order valence-corrected chi connectivity index (χ0v) is 10.6. The highest BCUT2D eigenvalue weighted by molar-refractivity contribution is 5.32. The maximum Gasteiger partial charge on any atom is 0.0802 e. The highest BCUT2D eigenvalue weighted by atomic mass is 16.3. The van der Waals surface area contributed by atoms with E-state index < -0.39 is 12.2 Å². The van der Waals surface area contributed by atoms with Gasteiger partial charge in [0.15, 0.2) is 0 Å². The number of aliphatic hydroxyl groups excluding tert-OH is 2. The molecule has 0 radical (unpaired) electrons. The Balaban J connectivity index is 2.76. The molecule has 1 rings (SSSR count). The summed E-state index contributed by atoms with van der Waals surface area (Å²) in [5.74, 6) is 0.269. The van der Waals surface area contributed by atoms with Crippen molar-refractivity contribution < 1.29 is 10.2 Å². The van der Waals surface area contributed by atoms with Crippen molar-refractivity contribution in [2.24, 2.45) is 0 Å². The van der Waals surface area contributed by atoms with Crippen LogP contribution in [0.25, 0.3) is 0 Å². The number of rotatable bonds is 4. The first-order valence-electron chi connectivity index (χ1n) is 5.85. The highest BCUT2D eigenvalue weighted by Crippen LogP contribution is 2.25. The van der Waals surface area contributed by atoms with Crippen LogP contribution in [-0.4, -0.2) is 22.4 Å². The van der Waals surface area contributed by atoms with Crippen LogP contribution in [0, 0.1) is 13.8 Å². The molecule has 0 aliphatic carbocycles. The lowest BCUT2D eigenvalue weighted by Gasteiger charge is -2.20. The van der Waals surface area contributed by atoms with Gasteiger partial charge in [0, 0.05) is 0 Å². The minimum absolute atomic E-state index is 0.269. The molecule has 0 fully saturated rings. The third-order valence-corrected chi connectivity index (χ3v) is 3.11. The Kier molecular flexibility index (Phi) is 4.51. The van der Waals surface area contributed by atoms with Crippen molar-refractivity contribution in [1.82, 2.24) is 0 Å². The number of aliphatic hydroxyl groups is 2. The number of aryl methyl sites for hydroxylation is 2. The summed E-state index contributed by atoms with van der Waals surface area (Å²) < 4.78 is 0. The maximum absolute atomic E-state index is 9.65. The minimum Gasteiger partial charge on any atom is -0.391 e. The van der Waals surface area contributed by atoms with Crippen molar-refractivity contribution in [2.45, 2.75) is 52.2 Å². The van der Waals surface area contributed by atoms with E-state index in [-0.39, 0.29) is 5.92 Å². The van der Waals surface area contributed by atoms with Gasteiger partial charge in [-0.05, 0) is 44.2 Å². The summed E-state index contributed by atoms with van der Waals surface area (Å²) in [5, 5.41) is 18.9. The van der Waals surface area contributed by atoms with Crippen LogP contribution in [0.3, 0.4) is 0 Å². The van der Waals surface area contributed by atoms with Gasteiger partial charge in [0.25, 0.3) is 0 Å². The molecule has 0 aliphatic heterocycles. The number of hydrogen-bond acceptors (Lipinski definition) is 2. The van der Waals surface area contributed by atoms with Gasteiger partial charge in [-0.15, -0.1) is 0 Å². The molecule has 1 aromatic rings. The quantitative estimate of drug-likeness (QED) is 0.822. The second-order valence-electron chi connectivity index (χ2n) is 4.80. The Morgan fingerprint density at radius 3 is 2.25 bits per heavy atom. The first kappa shape index (κ1) is 13.2. The number of hydrogen-bond donors (Lipinski definition) is 2. The molecule has 2 N–H and O–H groups in total. The fourth-order valence-corrected chi connectivity index (χ4v) is 2.06. The summed E-state index contributed by atoms with van der Waals surface area (Å²) in [7, 11) is 0. The average Bonchev–Trinajstić information content (AvgIpc) is 2.16. The first-order valence-corrected chi connectivity index (χ1v) is 5.85. The van der Waals surface area contributed by atoms with Crippen LogP contribution in [0.5, 0.6) is 0 Å². The van der Waals surface area contributed by atoms with Gasteiger partial charge in [0.05, 0.1) is 12.2 Å². The van der Waals surface area contributed by atoms with Crippen LogP contribution >= 0.6 is 0 Å². The zero-order valence-electron chi connectivity index (χ0n) is 10.6.